The van der Waals surface area contributed by atoms with Gasteiger partial charge in [-0.3, -0.25) is 13.9 Å². The average Bonchev–Trinajstić information content (AvgIpc) is 2.77. The van der Waals surface area contributed by atoms with E-state index < -0.39 is 34.1 Å². The number of anilines is 1. The molecule has 2 aromatic rings. The fourth-order valence-corrected chi connectivity index (χ4v) is 5.01. The number of carbonyl (C=O) groups is 2. The Balaban J connectivity index is 2.47. The van der Waals surface area contributed by atoms with Crippen LogP contribution in [0.4, 0.5) is 5.69 Å². The fraction of sp³-hybridized carbons (Fsp3) is 0.462. The fourth-order valence-electron chi connectivity index (χ4n) is 3.69. The molecule has 0 aromatic heterocycles. The highest BCUT2D eigenvalue weighted by Crippen LogP contribution is 2.26. The predicted molar refractivity (Wildman–Crippen MR) is 149 cm³/mol. The minimum absolute atomic E-state index is 0.00815. The van der Waals surface area contributed by atoms with Gasteiger partial charge in [-0.2, -0.15) is 0 Å². The van der Waals surface area contributed by atoms with Gasteiger partial charge in [0.2, 0.25) is 21.8 Å². The zero-order chi connectivity index (χ0) is 28.0. The van der Waals surface area contributed by atoms with Crippen LogP contribution >= 0.6 is 23.2 Å². The molecule has 11 heteroatoms. The third-order valence-electron chi connectivity index (χ3n) is 5.35. The lowest BCUT2D eigenvalue weighted by Crippen LogP contribution is -2.55. The first-order chi connectivity index (χ1) is 17.2. The number of nitrogens with one attached hydrogen (secondary N) is 1. The summed E-state index contributed by atoms with van der Waals surface area (Å²) in [5.41, 5.74) is 0.350. The molecule has 1 N–H and O–H groups in total. The first-order valence-electron chi connectivity index (χ1n) is 11.9. The van der Waals surface area contributed by atoms with E-state index in [1.165, 1.54) is 4.90 Å². The van der Waals surface area contributed by atoms with E-state index in [9.17, 15) is 18.0 Å². The predicted octanol–water partition coefficient (Wildman–Crippen LogP) is 4.88. The van der Waals surface area contributed by atoms with Crippen molar-refractivity contribution < 1.29 is 22.7 Å². The van der Waals surface area contributed by atoms with Gasteiger partial charge in [-0.15, -0.1) is 0 Å². The number of rotatable bonds is 11. The number of amides is 2. The Morgan fingerprint density at radius 1 is 1.05 bits per heavy atom. The Labute approximate surface area is 229 Å². The second-order valence-electron chi connectivity index (χ2n) is 9.62. The van der Waals surface area contributed by atoms with Crippen LogP contribution in [0.25, 0.3) is 0 Å². The first-order valence-corrected chi connectivity index (χ1v) is 14.5. The van der Waals surface area contributed by atoms with Crippen LogP contribution < -0.4 is 14.4 Å². The van der Waals surface area contributed by atoms with Gasteiger partial charge < -0.3 is 15.0 Å². The Bertz CT molecular complexity index is 1200. The Kier molecular flexibility index (Phi) is 10.7. The maximum atomic E-state index is 13.7. The molecule has 0 aliphatic heterocycles. The number of benzene rings is 2. The van der Waals surface area contributed by atoms with Gasteiger partial charge in [0, 0.05) is 22.1 Å². The summed E-state index contributed by atoms with van der Waals surface area (Å²) in [7, 11) is -3.84. The van der Waals surface area contributed by atoms with Crippen LogP contribution in [-0.4, -0.2) is 56.1 Å². The third-order valence-corrected chi connectivity index (χ3v) is 7.08. The molecule has 0 saturated carbocycles. The lowest BCUT2D eigenvalue weighted by Gasteiger charge is -2.34. The van der Waals surface area contributed by atoms with E-state index in [4.69, 9.17) is 27.9 Å². The maximum Gasteiger partial charge on any atom is 0.244 e. The van der Waals surface area contributed by atoms with Crippen molar-refractivity contribution >= 4 is 50.7 Å². The lowest BCUT2D eigenvalue weighted by atomic mass is 10.1. The van der Waals surface area contributed by atoms with Crippen molar-refractivity contribution in [1.29, 1.82) is 0 Å². The standard InChI is InChI=1S/C26H35Cl2N3O5S/c1-7-23(25(33)29-26(3,4)5)30(16-18-9-10-19(27)15-22(18)28)24(32)17-31(37(6,34)35)20-11-13-21(14-12-20)36-8-2/h9-15,23H,7-8,16-17H2,1-6H3,(H,29,33)/t23-/m1/s1. The van der Waals surface area contributed by atoms with Gasteiger partial charge in [-0.1, -0.05) is 36.2 Å². The molecule has 0 heterocycles. The van der Waals surface area contributed by atoms with Gasteiger partial charge in [0.15, 0.2) is 0 Å². The van der Waals surface area contributed by atoms with Crippen molar-refractivity contribution in [2.24, 2.45) is 0 Å². The van der Waals surface area contributed by atoms with E-state index in [1.807, 2.05) is 27.7 Å². The number of hydrogen-bond acceptors (Lipinski definition) is 5. The van der Waals surface area contributed by atoms with Crippen LogP contribution in [0.5, 0.6) is 5.75 Å². The van der Waals surface area contributed by atoms with Gasteiger partial charge in [0.25, 0.3) is 0 Å². The SMILES string of the molecule is CCOc1ccc(N(CC(=O)N(Cc2ccc(Cl)cc2Cl)[C@H](CC)C(=O)NC(C)(C)C)S(C)(=O)=O)cc1. The molecule has 0 saturated heterocycles. The lowest BCUT2D eigenvalue weighted by molar-refractivity contribution is -0.141. The van der Waals surface area contributed by atoms with Crippen molar-refractivity contribution in [2.75, 3.05) is 23.7 Å². The zero-order valence-corrected chi connectivity index (χ0v) is 24.4. The molecule has 0 aliphatic rings. The van der Waals surface area contributed by atoms with Crippen LogP contribution in [-0.2, 0) is 26.2 Å². The topological polar surface area (TPSA) is 96.0 Å². The molecular weight excluding hydrogens is 537 g/mol. The van der Waals surface area contributed by atoms with Crippen molar-refractivity contribution in [1.82, 2.24) is 10.2 Å². The monoisotopic (exact) mass is 571 g/mol. The normalized spacial score (nSPS) is 12.5. The largest absolute Gasteiger partial charge is 0.494 e. The summed E-state index contributed by atoms with van der Waals surface area (Å²) in [6.45, 7) is 9.12. The molecule has 0 bridgehead atoms. The molecule has 0 unspecified atom stereocenters. The Hall–Kier alpha value is -2.49. The zero-order valence-electron chi connectivity index (χ0n) is 22.0. The Morgan fingerprint density at radius 2 is 1.68 bits per heavy atom. The van der Waals surface area contributed by atoms with Crippen LogP contribution in [0, 0.1) is 0 Å². The van der Waals surface area contributed by atoms with E-state index in [-0.39, 0.29) is 12.5 Å². The maximum absolute atomic E-state index is 13.7. The van der Waals surface area contributed by atoms with Gasteiger partial charge in [0.1, 0.15) is 18.3 Å². The average molecular weight is 573 g/mol. The van der Waals surface area contributed by atoms with Crippen molar-refractivity contribution in [2.45, 2.75) is 59.2 Å². The summed E-state index contributed by atoms with van der Waals surface area (Å²) in [4.78, 5) is 28.3. The van der Waals surface area contributed by atoms with E-state index in [1.54, 1.807) is 49.4 Å². The van der Waals surface area contributed by atoms with Crippen LogP contribution in [0.1, 0.15) is 46.6 Å². The van der Waals surface area contributed by atoms with Gasteiger partial charge in [-0.25, -0.2) is 8.42 Å². The molecule has 0 spiro atoms. The molecule has 0 fully saturated rings. The van der Waals surface area contributed by atoms with E-state index >= 15 is 0 Å². The summed E-state index contributed by atoms with van der Waals surface area (Å²) < 4.78 is 31.9. The van der Waals surface area contributed by atoms with Crippen molar-refractivity contribution in [3.63, 3.8) is 0 Å². The van der Waals surface area contributed by atoms with Crippen LogP contribution in [0.15, 0.2) is 42.5 Å². The molecule has 2 amide bonds. The summed E-state index contributed by atoms with van der Waals surface area (Å²) in [6, 6.07) is 10.4. The minimum Gasteiger partial charge on any atom is -0.494 e. The number of halogens is 2. The van der Waals surface area contributed by atoms with E-state index in [0.717, 1.165) is 10.6 Å². The summed E-state index contributed by atoms with van der Waals surface area (Å²) in [5.74, 6) is -0.323. The van der Waals surface area contributed by atoms with Crippen LogP contribution in [0.3, 0.4) is 0 Å². The smallest absolute Gasteiger partial charge is 0.244 e. The molecule has 0 aliphatic carbocycles. The minimum atomic E-state index is -3.84. The number of hydrogen-bond donors (Lipinski definition) is 1. The van der Waals surface area contributed by atoms with Gasteiger partial charge in [0.05, 0.1) is 18.6 Å². The number of sulfonamides is 1. The Morgan fingerprint density at radius 3 is 2.16 bits per heavy atom. The van der Waals surface area contributed by atoms with Gasteiger partial charge >= 0.3 is 0 Å². The second-order valence-corrected chi connectivity index (χ2v) is 12.4. The molecule has 1 atom stereocenters. The molecule has 204 valence electrons. The highest BCUT2D eigenvalue weighted by Gasteiger charge is 2.33. The third kappa shape index (κ3) is 9.09. The number of ether oxygens (including phenoxy) is 1. The van der Waals surface area contributed by atoms with Gasteiger partial charge in [-0.05, 0) is 76.1 Å². The first kappa shape index (κ1) is 30.7. The molecule has 2 aromatic carbocycles. The quantitative estimate of drug-likeness (QED) is 0.414. The molecular formula is C26H35Cl2N3O5S. The summed E-state index contributed by atoms with van der Waals surface area (Å²) in [6.07, 6.45) is 1.33. The van der Waals surface area contributed by atoms with E-state index in [2.05, 4.69) is 5.32 Å². The second kappa shape index (κ2) is 12.8. The summed E-state index contributed by atoms with van der Waals surface area (Å²) in [5, 5.41) is 3.68. The van der Waals surface area contributed by atoms with Crippen LogP contribution in [0.2, 0.25) is 10.0 Å². The highest BCUT2D eigenvalue weighted by atomic mass is 35.5. The number of carbonyl (C=O) groups excluding carboxylic acids is 2. The highest BCUT2D eigenvalue weighted by molar-refractivity contribution is 7.92. The van der Waals surface area contributed by atoms with Crippen molar-refractivity contribution in [3.05, 3.63) is 58.1 Å². The molecule has 2 rings (SSSR count). The number of nitrogens with zero attached hydrogens (tertiary/aromatic N) is 2. The summed E-state index contributed by atoms with van der Waals surface area (Å²) >= 11 is 12.4. The molecule has 8 nitrogen and oxygen atoms in total. The van der Waals surface area contributed by atoms with E-state index in [0.29, 0.717) is 40.1 Å². The molecule has 0 radical (unpaired) electrons. The molecule has 37 heavy (non-hydrogen) atoms. The van der Waals surface area contributed by atoms with Crippen molar-refractivity contribution in [3.8, 4) is 5.75 Å².